The molecule has 2 aromatic carbocycles. The number of ether oxygens (including phenoxy) is 2. The van der Waals surface area contributed by atoms with Crippen LogP contribution in [0.3, 0.4) is 0 Å². The van der Waals surface area contributed by atoms with Crippen molar-refractivity contribution >= 4 is 12.0 Å². The van der Waals surface area contributed by atoms with Crippen LogP contribution in [0.1, 0.15) is 49.4 Å². The lowest BCUT2D eigenvalue weighted by molar-refractivity contribution is -0.129. The minimum Gasteiger partial charge on any atom is -0.485 e. The molecule has 1 saturated heterocycles. The fourth-order valence-corrected chi connectivity index (χ4v) is 4.34. The summed E-state index contributed by atoms with van der Waals surface area (Å²) >= 11 is 0. The zero-order chi connectivity index (χ0) is 23.6. The molecule has 0 spiro atoms. The summed E-state index contributed by atoms with van der Waals surface area (Å²) in [5.74, 6) is 0.124. The minimum absolute atomic E-state index is 0.127. The van der Waals surface area contributed by atoms with Gasteiger partial charge in [-0.2, -0.15) is 5.26 Å². The van der Waals surface area contributed by atoms with Crippen LogP contribution in [-0.4, -0.2) is 46.3 Å². The molecule has 2 heterocycles. The average Bonchev–Trinajstić information content (AvgIpc) is 3.31. The highest BCUT2D eigenvalue weighted by atomic mass is 16.6. The lowest BCUT2D eigenvalue weighted by atomic mass is 9.85. The SMILES string of the molecule is CC1(C)Oc2ccc(C#N)cc2C(NC(=O)C2CCCN2C(=O)OCc2ccccc2)C1O. The van der Waals surface area contributed by atoms with Gasteiger partial charge in [-0.1, -0.05) is 30.3 Å². The molecule has 0 aliphatic carbocycles. The number of nitriles is 1. The van der Waals surface area contributed by atoms with E-state index in [1.807, 2.05) is 30.3 Å². The molecule has 8 nitrogen and oxygen atoms in total. The van der Waals surface area contributed by atoms with Crippen molar-refractivity contribution in [2.24, 2.45) is 0 Å². The van der Waals surface area contributed by atoms with E-state index >= 15 is 0 Å². The number of aliphatic hydroxyl groups excluding tert-OH is 1. The maximum Gasteiger partial charge on any atom is 0.410 e. The summed E-state index contributed by atoms with van der Waals surface area (Å²) in [7, 11) is 0. The van der Waals surface area contributed by atoms with E-state index in [0.717, 1.165) is 5.56 Å². The predicted molar refractivity (Wildman–Crippen MR) is 119 cm³/mol. The summed E-state index contributed by atoms with van der Waals surface area (Å²) in [5.41, 5.74) is 0.840. The minimum atomic E-state index is -1.05. The monoisotopic (exact) mass is 449 g/mol. The van der Waals surface area contributed by atoms with Gasteiger partial charge in [0.1, 0.15) is 30.1 Å². The second-order valence-electron chi connectivity index (χ2n) is 8.89. The van der Waals surface area contributed by atoms with Gasteiger partial charge >= 0.3 is 6.09 Å². The molecule has 33 heavy (non-hydrogen) atoms. The number of likely N-dealkylation sites (tertiary alicyclic amines) is 1. The number of amides is 2. The average molecular weight is 450 g/mol. The fraction of sp³-hybridized carbons (Fsp3) is 0.400. The summed E-state index contributed by atoms with van der Waals surface area (Å²) in [4.78, 5) is 27.4. The first-order valence-corrected chi connectivity index (χ1v) is 11.0. The number of carbonyl (C=O) groups excluding carboxylic acids is 2. The number of rotatable bonds is 4. The number of benzene rings is 2. The van der Waals surface area contributed by atoms with Gasteiger partial charge in [0, 0.05) is 12.1 Å². The number of nitrogens with one attached hydrogen (secondary N) is 1. The van der Waals surface area contributed by atoms with E-state index in [2.05, 4.69) is 11.4 Å². The van der Waals surface area contributed by atoms with Crippen LogP contribution in [0.5, 0.6) is 5.75 Å². The van der Waals surface area contributed by atoms with E-state index in [0.29, 0.717) is 36.3 Å². The number of hydrogen-bond donors (Lipinski definition) is 2. The molecule has 0 saturated carbocycles. The molecule has 2 amide bonds. The van der Waals surface area contributed by atoms with E-state index in [9.17, 15) is 20.0 Å². The largest absolute Gasteiger partial charge is 0.485 e. The Balaban J connectivity index is 1.49. The van der Waals surface area contributed by atoms with E-state index < -0.39 is 29.9 Å². The number of aliphatic hydroxyl groups is 1. The Kier molecular flexibility index (Phi) is 6.25. The lowest BCUT2D eigenvalue weighted by Crippen LogP contribution is -2.56. The van der Waals surface area contributed by atoms with Gasteiger partial charge in [-0.15, -0.1) is 0 Å². The van der Waals surface area contributed by atoms with Crippen LogP contribution in [0.25, 0.3) is 0 Å². The van der Waals surface area contributed by atoms with Gasteiger partial charge in [0.2, 0.25) is 5.91 Å². The summed E-state index contributed by atoms with van der Waals surface area (Å²) in [5, 5.41) is 23.1. The topological polar surface area (TPSA) is 112 Å². The molecular formula is C25H27N3O5. The van der Waals surface area contributed by atoms with Crippen molar-refractivity contribution in [3.63, 3.8) is 0 Å². The first-order chi connectivity index (χ1) is 15.8. The Morgan fingerprint density at radius 1 is 1.27 bits per heavy atom. The van der Waals surface area contributed by atoms with Crippen molar-refractivity contribution in [1.82, 2.24) is 10.2 Å². The number of hydrogen-bond acceptors (Lipinski definition) is 6. The molecule has 2 N–H and O–H groups in total. The normalized spacial score (nSPS) is 23.1. The highest BCUT2D eigenvalue weighted by molar-refractivity contribution is 5.86. The van der Waals surface area contributed by atoms with Crippen molar-refractivity contribution in [3.8, 4) is 11.8 Å². The molecule has 172 valence electrons. The maximum absolute atomic E-state index is 13.2. The first-order valence-electron chi connectivity index (χ1n) is 11.0. The standard InChI is InChI=1S/C25H27N3O5/c1-25(2)22(29)21(18-13-17(14-26)10-11-20(18)33-25)27-23(30)19-9-6-12-28(19)24(31)32-15-16-7-4-3-5-8-16/h3-5,7-8,10-11,13,19,21-22,29H,6,9,12,15H2,1-2H3,(H,27,30). The lowest BCUT2D eigenvalue weighted by Gasteiger charge is -2.42. The van der Waals surface area contributed by atoms with Crippen molar-refractivity contribution in [2.45, 2.75) is 57.1 Å². The van der Waals surface area contributed by atoms with Crippen LogP contribution >= 0.6 is 0 Å². The number of carbonyl (C=O) groups is 2. The molecule has 0 radical (unpaired) electrons. The van der Waals surface area contributed by atoms with Crippen LogP contribution in [0.2, 0.25) is 0 Å². The van der Waals surface area contributed by atoms with Gasteiger partial charge in [0.25, 0.3) is 0 Å². The van der Waals surface area contributed by atoms with Gasteiger partial charge in [0.05, 0.1) is 17.7 Å². The molecule has 4 rings (SSSR count). The van der Waals surface area contributed by atoms with E-state index in [-0.39, 0.29) is 12.5 Å². The van der Waals surface area contributed by atoms with Crippen molar-refractivity contribution in [3.05, 3.63) is 65.2 Å². The second kappa shape index (κ2) is 9.12. The van der Waals surface area contributed by atoms with Gasteiger partial charge in [-0.3, -0.25) is 9.69 Å². The zero-order valence-corrected chi connectivity index (χ0v) is 18.7. The van der Waals surface area contributed by atoms with Crippen LogP contribution in [0.15, 0.2) is 48.5 Å². The zero-order valence-electron chi connectivity index (χ0n) is 18.7. The van der Waals surface area contributed by atoms with Crippen LogP contribution in [0.4, 0.5) is 4.79 Å². The Hall–Kier alpha value is -3.57. The van der Waals surface area contributed by atoms with Crippen molar-refractivity contribution in [2.75, 3.05) is 6.54 Å². The van der Waals surface area contributed by atoms with E-state index in [1.165, 1.54) is 4.90 Å². The summed E-state index contributed by atoms with van der Waals surface area (Å²) in [6.45, 7) is 4.02. The summed E-state index contributed by atoms with van der Waals surface area (Å²) < 4.78 is 11.3. The quantitative estimate of drug-likeness (QED) is 0.742. The van der Waals surface area contributed by atoms with Gasteiger partial charge in [-0.05, 0) is 50.5 Å². The highest BCUT2D eigenvalue weighted by Gasteiger charge is 2.45. The van der Waals surface area contributed by atoms with Crippen LogP contribution in [0, 0.1) is 11.3 Å². The van der Waals surface area contributed by atoms with Gasteiger partial charge in [0.15, 0.2) is 0 Å². The molecule has 2 aliphatic rings. The summed E-state index contributed by atoms with van der Waals surface area (Å²) in [6, 6.07) is 14.8. The van der Waals surface area contributed by atoms with Crippen molar-refractivity contribution in [1.29, 1.82) is 5.26 Å². The third kappa shape index (κ3) is 4.64. The third-order valence-electron chi connectivity index (χ3n) is 6.17. The number of nitrogens with zero attached hydrogens (tertiary/aromatic N) is 2. The molecule has 1 fully saturated rings. The molecule has 2 aromatic rings. The van der Waals surface area contributed by atoms with Crippen LogP contribution in [-0.2, 0) is 16.1 Å². The number of fused-ring (bicyclic) bond motifs is 1. The molecule has 2 aliphatic heterocycles. The Morgan fingerprint density at radius 3 is 2.76 bits per heavy atom. The van der Waals surface area contributed by atoms with E-state index in [4.69, 9.17) is 9.47 Å². The Morgan fingerprint density at radius 2 is 2.03 bits per heavy atom. The first kappa shape index (κ1) is 22.6. The second-order valence-corrected chi connectivity index (χ2v) is 8.89. The molecule has 0 bridgehead atoms. The predicted octanol–water partition coefficient (Wildman–Crippen LogP) is 3.05. The van der Waals surface area contributed by atoms with Gasteiger partial charge in [-0.25, -0.2) is 4.79 Å². The molecule has 0 aromatic heterocycles. The van der Waals surface area contributed by atoms with Crippen molar-refractivity contribution < 1.29 is 24.2 Å². The highest BCUT2D eigenvalue weighted by Crippen LogP contribution is 2.40. The molecule has 8 heteroatoms. The Labute approximate surface area is 192 Å². The Bertz CT molecular complexity index is 1080. The fourth-order valence-electron chi connectivity index (χ4n) is 4.34. The van der Waals surface area contributed by atoms with Crippen LogP contribution < -0.4 is 10.1 Å². The maximum atomic E-state index is 13.2. The molecular weight excluding hydrogens is 422 g/mol. The smallest absolute Gasteiger partial charge is 0.410 e. The molecule has 3 unspecified atom stereocenters. The van der Waals surface area contributed by atoms with E-state index in [1.54, 1.807) is 32.0 Å². The third-order valence-corrected chi connectivity index (χ3v) is 6.17. The summed E-state index contributed by atoms with van der Waals surface area (Å²) in [6.07, 6.45) is -0.422. The molecule has 3 atom stereocenters. The van der Waals surface area contributed by atoms with Gasteiger partial charge < -0.3 is 19.9 Å².